The van der Waals surface area contributed by atoms with Crippen LogP contribution < -0.4 is 10.5 Å². The van der Waals surface area contributed by atoms with Crippen LogP contribution in [0.5, 0.6) is 5.75 Å². The summed E-state index contributed by atoms with van der Waals surface area (Å²) in [6, 6.07) is 4.63. The lowest BCUT2D eigenvalue weighted by Gasteiger charge is -2.29. The normalized spacial score (nSPS) is 14.1. The highest BCUT2D eigenvalue weighted by atomic mass is 16.5. The number of hydrogen-bond donors (Lipinski definition) is 1. The number of ether oxygens (including phenoxy) is 1. The van der Waals surface area contributed by atoms with Gasteiger partial charge in [-0.05, 0) is 60.1 Å². The summed E-state index contributed by atoms with van der Waals surface area (Å²) in [5, 5.41) is 0. The van der Waals surface area contributed by atoms with Crippen molar-refractivity contribution in [3.05, 3.63) is 58.8 Å². The monoisotopic (exact) mass is 369 g/mol. The number of benzene rings is 1. The molecule has 0 amide bonds. The van der Waals surface area contributed by atoms with E-state index >= 15 is 0 Å². The Bertz CT molecular complexity index is 722. The molecular weight excluding hydrogens is 330 g/mol. The summed E-state index contributed by atoms with van der Waals surface area (Å²) < 4.78 is 6.29. The molecule has 1 rings (SSSR count). The summed E-state index contributed by atoms with van der Waals surface area (Å²) in [5.41, 5.74) is 11.7. The molecule has 0 spiro atoms. The van der Waals surface area contributed by atoms with E-state index in [1.165, 1.54) is 22.3 Å². The molecule has 0 fully saturated rings. The molecule has 0 radical (unpaired) electrons. The van der Waals surface area contributed by atoms with Crippen molar-refractivity contribution in [2.75, 3.05) is 6.61 Å². The van der Waals surface area contributed by atoms with Crippen molar-refractivity contribution in [1.82, 2.24) is 0 Å². The third-order valence-corrected chi connectivity index (χ3v) is 4.61. The average Bonchev–Trinajstić information content (AvgIpc) is 2.57. The Morgan fingerprint density at radius 1 is 1.04 bits per heavy atom. The van der Waals surface area contributed by atoms with Gasteiger partial charge in [0.15, 0.2) is 0 Å². The van der Waals surface area contributed by atoms with E-state index < -0.39 is 0 Å². The molecule has 150 valence electrons. The predicted octanol–water partition coefficient (Wildman–Crippen LogP) is 6.89. The second-order valence-electron chi connectivity index (χ2n) is 9.37. The molecule has 0 atom stereocenters. The van der Waals surface area contributed by atoms with Gasteiger partial charge in [-0.25, -0.2) is 0 Å². The van der Waals surface area contributed by atoms with Gasteiger partial charge in [-0.15, -0.1) is 0 Å². The summed E-state index contributed by atoms with van der Waals surface area (Å²) in [6.45, 7) is 20.6. The molecule has 0 aliphatic heterocycles. The van der Waals surface area contributed by atoms with Gasteiger partial charge in [0, 0.05) is 11.1 Å². The van der Waals surface area contributed by atoms with Crippen LogP contribution >= 0.6 is 0 Å². The predicted molar refractivity (Wildman–Crippen MR) is 120 cm³/mol. The van der Waals surface area contributed by atoms with Crippen LogP contribution in [0.2, 0.25) is 0 Å². The molecule has 0 aromatic heterocycles. The minimum absolute atomic E-state index is 0.00802. The fourth-order valence-corrected chi connectivity index (χ4v) is 2.76. The third kappa shape index (κ3) is 6.61. The molecule has 0 heterocycles. The van der Waals surface area contributed by atoms with Crippen LogP contribution in [0.3, 0.4) is 0 Å². The highest BCUT2D eigenvalue weighted by molar-refractivity contribution is 5.73. The van der Waals surface area contributed by atoms with Gasteiger partial charge in [-0.2, -0.15) is 0 Å². The summed E-state index contributed by atoms with van der Waals surface area (Å²) >= 11 is 0. The fraction of sp³-hybridized carbons (Fsp3) is 0.520. The topological polar surface area (TPSA) is 35.2 Å². The lowest BCUT2D eigenvalue weighted by molar-refractivity contribution is 0.307. The second kappa shape index (κ2) is 9.30. The Labute approximate surface area is 167 Å². The lowest BCUT2D eigenvalue weighted by Crippen LogP contribution is -2.19. The van der Waals surface area contributed by atoms with Crippen molar-refractivity contribution in [3.8, 4) is 5.75 Å². The molecule has 0 unspecified atom stereocenters. The highest BCUT2D eigenvalue weighted by Gasteiger charge is 2.26. The Hall–Kier alpha value is -1.96. The number of nitrogens with two attached hydrogens (primary N) is 1. The molecular formula is C25H39NO. The fourth-order valence-electron chi connectivity index (χ4n) is 2.76. The van der Waals surface area contributed by atoms with Gasteiger partial charge in [0.1, 0.15) is 5.75 Å². The van der Waals surface area contributed by atoms with Crippen LogP contribution in [-0.2, 0) is 10.8 Å². The number of rotatable bonds is 6. The largest absolute Gasteiger partial charge is 0.493 e. The van der Waals surface area contributed by atoms with Gasteiger partial charge in [0.2, 0.25) is 0 Å². The van der Waals surface area contributed by atoms with Crippen LogP contribution in [0.4, 0.5) is 0 Å². The average molecular weight is 370 g/mol. The van der Waals surface area contributed by atoms with E-state index in [1.807, 2.05) is 13.0 Å². The molecule has 1 aromatic rings. The SMILES string of the molecule is CCCOc1c(\C(C)=C/C=C/C(C)=C/N)cc(C(C)(C)C)cc1C(C)(C)C. The van der Waals surface area contributed by atoms with Crippen molar-refractivity contribution >= 4 is 5.57 Å². The molecule has 27 heavy (non-hydrogen) atoms. The summed E-state index contributed by atoms with van der Waals surface area (Å²) in [7, 11) is 0. The first-order valence-corrected chi connectivity index (χ1v) is 9.97. The van der Waals surface area contributed by atoms with Crippen LogP contribution in [-0.4, -0.2) is 6.61 Å². The maximum absolute atomic E-state index is 6.29. The molecule has 0 bridgehead atoms. The number of hydrogen-bond acceptors (Lipinski definition) is 2. The zero-order valence-electron chi connectivity index (χ0n) is 18.9. The van der Waals surface area contributed by atoms with E-state index in [1.54, 1.807) is 6.20 Å². The first kappa shape index (κ1) is 23.1. The van der Waals surface area contributed by atoms with Crippen molar-refractivity contribution in [1.29, 1.82) is 0 Å². The molecule has 0 saturated heterocycles. The Morgan fingerprint density at radius 2 is 1.67 bits per heavy atom. The number of allylic oxidation sites excluding steroid dienone is 5. The molecule has 2 heteroatoms. The Balaban J connectivity index is 3.66. The Morgan fingerprint density at radius 3 is 2.15 bits per heavy atom. The van der Waals surface area contributed by atoms with Crippen LogP contribution in [0.25, 0.3) is 5.57 Å². The van der Waals surface area contributed by atoms with E-state index in [0.29, 0.717) is 0 Å². The van der Waals surface area contributed by atoms with Gasteiger partial charge >= 0.3 is 0 Å². The van der Waals surface area contributed by atoms with Crippen molar-refractivity contribution in [2.24, 2.45) is 5.73 Å². The van der Waals surface area contributed by atoms with E-state index in [9.17, 15) is 0 Å². The van der Waals surface area contributed by atoms with Crippen LogP contribution in [0.15, 0.2) is 42.1 Å². The molecule has 2 nitrogen and oxygen atoms in total. The van der Waals surface area contributed by atoms with Crippen molar-refractivity contribution in [3.63, 3.8) is 0 Å². The standard InChI is InChI=1S/C25H39NO/c1-10-14-27-23-21(19(3)13-11-12-18(2)17-26)15-20(24(4,5)6)16-22(23)25(7,8)9/h11-13,15-17H,10,14,26H2,1-9H3/b12-11+,18-17+,19-13-. The smallest absolute Gasteiger partial charge is 0.130 e. The van der Waals surface area contributed by atoms with Gasteiger partial charge in [-0.3, -0.25) is 0 Å². The van der Waals surface area contributed by atoms with Crippen molar-refractivity contribution < 1.29 is 4.74 Å². The molecule has 2 N–H and O–H groups in total. The first-order chi connectivity index (χ1) is 12.4. The molecule has 0 aliphatic carbocycles. The maximum Gasteiger partial charge on any atom is 0.130 e. The molecule has 0 aliphatic rings. The van der Waals surface area contributed by atoms with Gasteiger partial charge in [0.25, 0.3) is 0 Å². The summed E-state index contributed by atoms with van der Waals surface area (Å²) in [6.07, 6.45) is 8.83. The van der Waals surface area contributed by atoms with E-state index in [0.717, 1.165) is 24.4 Å². The lowest BCUT2D eigenvalue weighted by atomic mass is 9.78. The zero-order chi connectivity index (χ0) is 20.8. The minimum Gasteiger partial charge on any atom is -0.493 e. The van der Waals surface area contributed by atoms with E-state index in [-0.39, 0.29) is 10.8 Å². The Kier molecular flexibility index (Phi) is 7.95. The maximum atomic E-state index is 6.29. The van der Waals surface area contributed by atoms with Gasteiger partial charge < -0.3 is 10.5 Å². The van der Waals surface area contributed by atoms with E-state index in [4.69, 9.17) is 10.5 Å². The first-order valence-electron chi connectivity index (χ1n) is 9.97. The zero-order valence-corrected chi connectivity index (χ0v) is 18.9. The summed E-state index contributed by atoms with van der Waals surface area (Å²) in [4.78, 5) is 0. The molecule has 0 saturated carbocycles. The minimum atomic E-state index is 0.00802. The van der Waals surface area contributed by atoms with Gasteiger partial charge in [-0.1, -0.05) is 72.8 Å². The van der Waals surface area contributed by atoms with E-state index in [2.05, 4.69) is 79.7 Å². The molecule has 1 aromatic carbocycles. The van der Waals surface area contributed by atoms with Crippen molar-refractivity contribution in [2.45, 2.75) is 79.6 Å². The third-order valence-electron chi connectivity index (χ3n) is 4.61. The quantitative estimate of drug-likeness (QED) is 0.554. The van der Waals surface area contributed by atoms with Gasteiger partial charge in [0.05, 0.1) is 6.61 Å². The van der Waals surface area contributed by atoms with Crippen LogP contribution in [0, 0.1) is 0 Å². The van der Waals surface area contributed by atoms with Crippen LogP contribution in [0.1, 0.15) is 85.4 Å². The summed E-state index contributed by atoms with van der Waals surface area (Å²) in [5.74, 6) is 1.02. The highest BCUT2D eigenvalue weighted by Crippen LogP contribution is 2.41. The second-order valence-corrected chi connectivity index (χ2v) is 9.37.